The number of carbonyl (C=O) groups is 1. The van der Waals surface area contributed by atoms with Gasteiger partial charge in [-0.25, -0.2) is 8.78 Å². The van der Waals surface area contributed by atoms with E-state index in [1.165, 1.54) is 6.92 Å². The Balaban J connectivity index is 2.28. The van der Waals surface area contributed by atoms with Crippen LogP contribution in [-0.4, -0.2) is 10.5 Å². The summed E-state index contributed by atoms with van der Waals surface area (Å²) in [5.74, 6) is -1.69. The molecule has 1 aromatic carbocycles. The van der Waals surface area contributed by atoms with Gasteiger partial charge in [0.1, 0.15) is 17.3 Å². The van der Waals surface area contributed by atoms with Crippen molar-refractivity contribution in [1.82, 2.24) is 4.57 Å². The molecule has 0 fully saturated rings. The van der Waals surface area contributed by atoms with Crippen molar-refractivity contribution in [2.75, 3.05) is 5.32 Å². The minimum absolute atomic E-state index is 0.163. The average molecular weight is 357 g/mol. The van der Waals surface area contributed by atoms with Gasteiger partial charge in [0, 0.05) is 23.3 Å². The zero-order valence-corrected chi connectivity index (χ0v) is 13.3. The molecule has 21 heavy (non-hydrogen) atoms. The molecular formula is C15H15BrF2N2O. The van der Waals surface area contributed by atoms with Gasteiger partial charge in [0.15, 0.2) is 0 Å². The van der Waals surface area contributed by atoms with Gasteiger partial charge in [-0.15, -0.1) is 0 Å². The van der Waals surface area contributed by atoms with Crippen LogP contribution in [0.15, 0.2) is 28.9 Å². The van der Waals surface area contributed by atoms with Crippen LogP contribution in [0.4, 0.5) is 14.5 Å². The number of nitrogens with zero attached hydrogens (tertiary/aromatic N) is 1. The Morgan fingerprint density at radius 2 is 2.00 bits per heavy atom. The van der Waals surface area contributed by atoms with E-state index in [0.29, 0.717) is 12.2 Å². The van der Waals surface area contributed by atoms with Gasteiger partial charge in [-0.3, -0.25) is 4.79 Å². The Hall–Kier alpha value is -1.69. The Morgan fingerprint density at radius 3 is 2.67 bits per heavy atom. The highest BCUT2D eigenvalue weighted by atomic mass is 79.9. The molecule has 2 aromatic rings. The summed E-state index contributed by atoms with van der Waals surface area (Å²) in [6, 6.07) is 3.70. The van der Waals surface area contributed by atoms with Crippen LogP contribution in [0.1, 0.15) is 29.4 Å². The molecule has 112 valence electrons. The number of hydrogen-bond donors (Lipinski definition) is 1. The number of halogens is 3. The van der Waals surface area contributed by atoms with E-state index in [4.69, 9.17) is 0 Å². The fourth-order valence-corrected chi connectivity index (χ4v) is 2.48. The molecule has 0 aliphatic rings. The van der Waals surface area contributed by atoms with E-state index in [1.54, 1.807) is 16.8 Å². The van der Waals surface area contributed by atoms with Gasteiger partial charge in [-0.05, 0) is 47.0 Å². The normalized spacial score (nSPS) is 10.7. The molecule has 0 bridgehead atoms. The fourth-order valence-electron chi connectivity index (χ4n) is 2.02. The molecule has 1 amide bonds. The van der Waals surface area contributed by atoms with E-state index in [0.717, 1.165) is 23.0 Å². The maximum absolute atomic E-state index is 13.8. The summed E-state index contributed by atoms with van der Waals surface area (Å²) in [5.41, 5.74) is 0.426. The Bertz CT molecular complexity index is 683. The monoisotopic (exact) mass is 356 g/mol. The van der Waals surface area contributed by atoms with Crippen LogP contribution in [-0.2, 0) is 6.54 Å². The van der Waals surface area contributed by atoms with Gasteiger partial charge in [0.25, 0.3) is 5.91 Å². The predicted octanol–water partition coefficient (Wildman–Crippen LogP) is 4.50. The predicted molar refractivity (Wildman–Crippen MR) is 81.5 cm³/mol. The van der Waals surface area contributed by atoms with E-state index >= 15 is 0 Å². The smallest absolute Gasteiger partial charge is 0.272 e. The standard InChI is InChI=1S/C15H15BrF2N2O/c1-3-4-20-8-10(16)6-14(20)15(21)19-13-7-11(17)9(2)5-12(13)18/h5-8H,3-4H2,1-2H3,(H,19,21). The molecule has 6 heteroatoms. The number of carbonyl (C=O) groups excluding carboxylic acids is 1. The topological polar surface area (TPSA) is 34.0 Å². The number of nitrogens with one attached hydrogen (secondary N) is 1. The average Bonchev–Trinajstić information content (AvgIpc) is 2.77. The lowest BCUT2D eigenvalue weighted by Gasteiger charge is -2.10. The first kappa shape index (κ1) is 15.7. The lowest BCUT2D eigenvalue weighted by Crippen LogP contribution is -2.17. The minimum atomic E-state index is -0.657. The van der Waals surface area contributed by atoms with E-state index in [1.807, 2.05) is 6.92 Å². The van der Waals surface area contributed by atoms with E-state index < -0.39 is 17.5 Å². The second-order valence-corrected chi connectivity index (χ2v) is 5.69. The molecule has 1 heterocycles. The van der Waals surface area contributed by atoms with Crippen molar-refractivity contribution in [3.8, 4) is 0 Å². The summed E-state index contributed by atoms with van der Waals surface area (Å²) in [6.45, 7) is 4.12. The molecule has 1 N–H and O–H groups in total. The molecule has 0 aliphatic carbocycles. The van der Waals surface area contributed by atoms with Crippen LogP contribution in [0.5, 0.6) is 0 Å². The lowest BCUT2D eigenvalue weighted by molar-refractivity contribution is 0.101. The molecule has 0 saturated carbocycles. The van der Waals surface area contributed by atoms with Crippen molar-refractivity contribution in [1.29, 1.82) is 0 Å². The number of anilines is 1. The van der Waals surface area contributed by atoms with Crippen molar-refractivity contribution < 1.29 is 13.6 Å². The molecule has 2 rings (SSSR count). The molecule has 0 spiro atoms. The largest absolute Gasteiger partial charge is 0.342 e. The SMILES string of the molecule is CCCn1cc(Br)cc1C(=O)Nc1cc(F)c(C)cc1F. The van der Waals surface area contributed by atoms with Gasteiger partial charge in [-0.1, -0.05) is 6.92 Å². The Morgan fingerprint density at radius 1 is 1.29 bits per heavy atom. The molecule has 0 radical (unpaired) electrons. The number of benzene rings is 1. The van der Waals surface area contributed by atoms with Crippen LogP contribution in [0.25, 0.3) is 0 Å². The molecule has 0 atom stereocenters. The molecule has 3 nitrogen and oxygen atoms in total. The highest BCUT2D eigenvalue weighted by Crippen LogP contribution is 2.21. The second kappa shape index (κ2) is 6.39. The number of rotatable bonds is 4. The summed E-state index contributed by atoms with van der Waals surface area (Å²) in [7, 11) is 0. The molecule has 0 saturated heterocycles. The van der Waals surface area contributed by atoms with Crippen molar-refractivity contribution in [3.05, 3.63) is 51.8 Å². The van der Waals surface area contributed by atoms with Crippen molar-refractivity contribution in [2.24, 2.45) is 0 Å². The molecule has 0 aliphatic heterocycles. The fraction of sp³-hybridized carbons (Fsp3) is 0.267. The number of aryl methyl sites for hydroxylation is 2. The summed E-state index contributed by atoms with van der Waals surface area (Å²) < 4.78 is 29.8. The first-order valence-corrected chi connectivity index (χ1v) is 7.34. The van der Waals surface area contributed by atoms with Gasteiger partial charge >= 0.3 is 0 Å². The third-order valence-corrected chi connectivity index (χ3v) is 3.49. The van der Waals surface area contributed by atoms with Gasteiger partial charge in [-0.2, -0.15) is 0 Å². The highest BCUT2D eigenvalue weighted by molar-refractivity contribution is 9.10. The van der Waals surface area contributed by atoms with Gasteiger partial charge in [0.2, 0.25) is 0 Å². The van der Waals surface area contributed by atoms with Crippen LogP contribution < -0.4 is 5.32 Å². The Kier molecular flexibility index (Phi) is 4.77. The quantitative estimate of drug-likeness (QED) is 0.859. The van der Waals surface area contributed by atoms with Crippen molar-refractivity contribution in [2.45, 2.75) is 26.8 Å². The lowest BCUT2D eigenvalue weighted by atomic mass is 10.2. The molecule has 1 aromatic heterocycles. The van der Waals surface area contributed by atoms with Crippen molar-refractivity contribution >= 4 is 27.5 Å². The molecule has 0 unspecified atom stereocenters. The number of aromatic nitrogens is 1. The maximum Gasteiger partial charge on any atom is 0.272 e. The summed E-state index contributed by atoms with van der Waals surface area (Å²) in [5, 5.41) is 2.41. The third kappa shape index (κ3) is 3.50. The molecular weight excluding hydrogens is 342 g/mol. The summed E-state index contributed by atoms with van der Waals surface area (Å²) >= 11 is 3.31. The maximum atomic E-state index is 13.8. The van der Waals surface area contributed by atoms with Crippen LogP contribution in [0, 0.1) is 18.6 Å². The van der Waals surface area contributed by atoms with Gasteiger partial charge in [0.05, 0.1) is 5.69 Å². The third-order valence-electron chi connectivity index (χ3n) is 3.06. The number of hydrogen-bond acceptors (Lipinski definition) is 1. The van der Waals surface area contributed by atoms with Crippen LogP contribution in [0.2, 0.25) is 0 Å². The van der Waals surface area contributed by atoms with Crippen molar-refractivity contribution in [3.63, 3.8) is 0 Å². The summed E-state index contributed by atoms with van der Waals surface area (Å²) in [6.07, 6.45) is 2.64. The summed E-state index contributed by atoms with van der Waals surface area (Å²) in [4.78, 5) is 12.2. The zero-order valence-electron chi connectivity index (χ0n) is 11.7. The second-order valence-electron chi connectivity index (χ2n) is 4.77. The first-order valence-electron chi connectivity index (χ1n) is 6.55. The number of amides is 1. The highest BCUT2D eigenvalue weighted by Gasteiger charge is 2.16. The van der Waals surface area contributed by atoms with Gasteiger partial charge < -0.3 is 9.88 Å². The van der Waals surface area contributed by atoms with Crippen LogP contribution >= 0.6 is 15.9 Å². The first-order chi connectivity index (χ1) is 9.92. The van der Waals surface area contributed by atoms with E-state index in [-0.39, 0.29) is 11.3 Å². The van der Waals surface area contributed by atoms with Crippen LogP contribution in [0.3, 0.4) is 0 Å². The zero-order chi connectivity index (χ0) is 15.6. The van der Waals surface area contributed by atoms with E-state index in [9.17, 15) is 13.6 Å². The van der Waals surface area contributed by atoms with E-state index in [2.05, 4.69) is 21.2 Å². The Labute approximate surface area is 130 Å². The minimum Gasteiger partial charge on any atom is -0.342 e.